The van der Waals surface area contributed by atoms with Crippen LogP contribution in [0.4, 0.5) is 4.39 Å². The molecule has 0 amide bonds. The predicted molar refractivity (Wildman–Crippen MR) is 126 cm³/mol. The topological polar surface area (TPSA) is 72.8 Å². The van der Waals surface area contributed by atoms with E-state index in [1.54, 1.807) is 49.6 Å². The van der Waals surface area contributed by atoms with E-state index in [-0.39, 0.29) is 10.6 Å². The highest BCUT2D eigenvalue weighted by atomic mass is 35.5. The van der Waals surface area contributed by atoms with Gasteiger partial charge in [0.15, 0.2) is 5.75 Å². The molecule has 0 atom stereocenters. The minimum absolute atomic E-state index is 0.00978. The molecule has 0 saturated carbocycles. The zero-order valence-corrected chi connectivity index (χ0v) is 18.7. The van der Waals surface area contributed by atoms with Crippen molar-refractivity contribution in [3.05, 3.63) is 93.6 Å². The number of ketones is 1. The number of hydrogen-bond acceptors (Lipinski definition) is 5. The molecule has 0 aliphatic carbocycles. The standard InChI is InChI=1S/C25H16ClFO5S/c1-31-17-8-10-19-21(13-17)33-25(23(30)18-9-5-15(27)12-20(18)26)24(19)32-16-6-2-14(3-7-16)4-11-22(28)29/h2-13H,1H3,(H,28,29). The van der Waals surface area contributed by atoms with Gasteiger partial charge in [-0.3, -0.25) is 4.79 Å². The molecule has 0 aliphatic heterocycles. The van der Waals surface area contributed by atoms with E-state index in [2.05, 4.69) is 0 Å². The number of carbonyl (C=O) groups excluding carboxylic acids is 1. The van der Waals surface area contributed by atoms with Crippen molar-refractivity contribution in [2.75, 3.05) is 7.11 Å². The molecule has 166 valence electrons. The minimum atomic E-state index is -1.04. The quantitative estimate of drug-likeness (QED) is 0.231. The molecule has 1 aromatic heterocycles. The molecule has 8 heteroatoms. The van der Waals surface area contributed by atoms with Gasteiger partial charge in [-0.15, -0.1) is 11.3 Å². The van der Waals surface area contributed by atoms with Gasteiger partial charge >= 0.3 is 5.97 Å². The van der Waals surface area contributed by atoms with Gasteiger partial charge in [0.25, 0.3) is 0 Å². The summed E-state index contributed by atoms with van der Waals surface area (Å²) < 4.78 is 25.7. The number of halogens is 2. The summed E-state index contributed by atoms with van der Waals surface area (Å²) in [6.45, 7) is 0. The third kappa shape index (κ3) is 4.89. The van der Waals surface area contributed by atoms with E-state index < -0.39 is 17.6 Å². The van der Waals surface area contributed by atoms with Crippen LogP contribution in [0.15, 0.2) is 66.7 Å². The van der Waals surface area contributed by atoms with E-state index in [9.17, 15) is 14.0 Å². The fourth-order valence-electron chi connectivity index (χ4n) is 3.16. The maximum atomic E-state index is 13.5. The molecule has 3 aromatic carbocycles. The maximum absolute atomic E-state index is 13.5. The molecular formula is C25H16ClFO5S. The first-order valence-corrected chi connectivity index (χ1v) is 10.8. The molecule has 0 unspecified atom stereocenters. The van der Waals surface area contributed by atoms with Crippen LogP contribution in [0.2, 0.25) is 5.02 Å². The van der Waals surface area contributed by atoms with Gasteiger partial charge in [0.05, 0.1) is 12.1 Å². The van der Waals surface area contributed by atoms with Crippen LogP contribution < -0.4 is 9.47 Å². The predicted octanol–water partition coefficient (Wildman–Crippen LogP) is 6.82. The third-order valence-electron chi connectivity index (χ3n) is 4.75. The van der Waals surface area contributed by atoms with Gasteiger partial charge in [-0.1, -0.05) is 23.7 Å². The molecule has 33 heavy (non-hydrogen) atoms. The van der Waals surface area contributed by atoms with Crippen LogP contribution in [-0.2, 0) is 4.79 Å². The fraction of sp³-hybridized carbons (Fsp3) is 0.0400. The van der Waals surface area contributed by atoms with Crippen LogP contribution in [0.25, 0.3) is 16.2 Å². The summed E-state index contributed by atoms with van der Waals surface area (Å²) >= 11 is 7.36. The number of methoxy groups -OCH3 is 1. The Hall–Kier alpha value is -3.68. The number of aliphatic carboxylic acids is 1. The number of ether oxygens (including phenoxy) is 2. The molecule has 4 rings (SSSR count). The molecular weight excluding hydrogens is 467 g/mol. The number of carboxylic acid groups (broad SMARTS) is 1. The zero-order chi connectivity index (χ0) is 23.5. The summed E-state index contributed by atoms with van der Waals surface area (Å²) in [6.07, 6.45) is 2.50. The molecule has 0 fully saturated rings. The second-order valence-electron chi connectivity index (χ2n) is 6.92. The van der Waals surface area contributed by atoms with E-state index >= 15 is 0 Å². The van der Waals surface area contributed by atoms with Crippen molar-refractivity contribution in [2.45, 2.75) is 0 Å². The molecule has 5 nitrogen and oxygen atoms in total. The van der Waals surface area contributed by atoms with Gasteiger partial charge in [0, 0.05) is 21.7 Å². The highest BCUT2D eigenvalue weighted by molar-refractivity contribution is 7.21. The number of benzene rings is 3. The van der Waals surface area contributed by atoms with Crippen LogP contribution >= 0.6 is 22.9 Å². The lowest BCUT2D eigenvalue weighted by Gasteiger charge is -2.09. The summed E-state index contributed by atoms with van der Waals surface area (Å²) in [5, 5.41) is 9.48. The minimum Gasteiger partial charge on any atom is -0.497 e. The maximum Gasteiger partial charge on any atom is 0.328 e. The normalized spacial score (nSPS) is 11.1. The van der Waals surface area contributed by atoms with Gasteiger partial charge in [-0.2, -0.15) is 0 Å². The summed E-state index contributed by atoms with van der Waals surface area (Å²) in [5.74, 6) is -0.543. The third-order valence-corrected chi connectivity index (χ3v) is 6.20. The Morgan fingerprint density at radius 1 is 1.03 bits per heavy atom. The van der Waals surface area contributed by atoms with Crippen molar-refractivity contribution in [3.63, 3.8) is 0 Å². The van der Waals surface area contributed by atoms with E-state index in [1.165, 1.54) is 29.5 Å². The Labute approximate surface area is 197 Å². The second kappa shape index (κ2) is 9.44. The molecule has 0 saturated heterocycles. The zero-order valence-electron chi connectivity index (χ0n) is 17.2. The van der Waals surface area contributed by atoms with Crippen molar-refractivity contribution >= 4 is 50.9 Å². The number of fused-ring (bicyclic) bond motifs is 1. The van der Waals surface area contributed by atoms with Crippen LogP contribution in [0.1, 0.15) is 20.8 Å². The first-order valence-electron chi connectivity index (χ1n) is 9.65. The van der Waals surface area contributed by atoms with Crippen molar-refractivity contribution in [1.82, 2.24) is 0 Å². The Kier molecular flexibility index (Phi) is 6.44. The number of carbonyl (C=O) groups is 2. The number of hydrogen-bond donors (Lipinski definition) is 1. The molecule has 1 heterocycles. The smallest absolute Gasteiger partial charge is 0.328 e. The fourth-order valence-corrected chi connectivity index (χ4v) is 4.53. The van der Waals surface area contributed by atoms with Gasteiger partial charge in [-0.25, -0.2) is 9.18 Å². The molecule has 0 spiro atoms. The first kappa shape index (κ1) is 22.5. The number of thiophene rings is 1. The Balaban J connectivity index is 1.77. The lowest BCUT2D eigenvalue weighted by molar-refractivity contribution is -0.131. The first-order chi connectivity index (χ1) is 15.9. The monoisotopic (exact) mass is 482 g/mol. The molecule has 0 aliphatic rings. The SMILES string of the molecule is COc1ccc2c(Oc3ccc(C=CC(=O)O)cc3)c(C(=O)c3ccc(F)cc3Cl)sc2c1. The largest absolute Gasteiger partial charge is 0.497 e. The van der Waals surface area contributed by atoms with E-state index in [1.807, 2.05) is 0 Å². The Morgan fingerprint density at radius 2 is 1.76 bits per heavy atom. The number of rotatable bonds is 7. The molecule has 4 aromatic rings. The highest BCUT2D eigenvalue weighted by Gasteiger charge is 2.24. The van der Waals surface area contributed by atoms with E-state index in [0.29, 0.717) is 33.1 Å². The lowest BCUT2D eigenvalue weighted by Crippen LogP contribution is -2.02. The second-order valence-corrected chi connectivity index (χ2v) is 8.38. The molecule has 1 N–H and O–H groups in total. The Bertz CT molecular complexity index is 1390. The highest BCUT2D eigenvalue weighted by Crippen LogP contribution is 2.43. The molecule has 0 bridgehead atoms. The van der Waals surface area contributed by atoms with Crippen LogP contribution in [0, 0.1) is 5.82 Å². The number of carboxylic acids is 1. The van der Waals surface area contributed by atoms with Crippen LogP contribution in [0.5, 0.6) is 17.2 Å². The van der Waals surface area contributed by atoms with Crippen LogP contribution in [-0.4, -0.2) is 24.0 Å². The van der Waals surface area contributed by atoms with Crippen molar-refractivity contribution in [2.24, 2.45) is 0 Å². The average Bonchev–Trinajstić information content (AvgIpc) is 3.15. The van der Waals surface area contributed by atoms with Crippen molar-refractivity contribution < 1.29 is 28.6 Å². The van der Waals surface area contributed by atoms with Gasteiger partial charge < -0.3 is 14.6 Å². The Morgan fingerprint density at radius 3 is 2.42 bits per heavy atom. The summed E-state index contributed by atoms with van der Waals surface area (Å²) in [7, 11) is 1.55. The van der Waals surface area contributed by atoms with Gasteiger partial charge in [0.1, 0.15) is 22.2 Å². The van der Waals surface area contributed by atoms with E-state index in [4.69, 9.17) is 26.2 Å². The summed E-state index contributed by atoms with van der Waals surface area (Å²) in [5.41, 5.74) is 0.842. The van der Waals surface area contributed by atoms with Gasteiger partial charge in [-0.05, 0) is 60.2 Å². The average molecular weight is 483 g/mol. The van der Waals surface area contributed by atoms with Crippen molar-refractivity contribution in [3.8, 4) is 17.2 Å². The van der Waals surface area contributed by atoms with Crippen molar-refractivity contribution in [1.29, 1.82) is 0 Å². The van der Waals surface area contributed by atoms with Crippen LogP contribution in [0.3, 0.4) is 0 Å². The lowest BCUT2D eigenvalue weighted by atomic mass is 10.1. The summed E-state index contributed by atoms with van der Waals surface area (Å²) in [6, 6.07) is 15.7. The molecule has 0 radical (unpaired) electrons. The summed E-state index contributed by atoms with van der Waals surface area (Å²) in [4.78, 5) is 24.4. The van der Waals surface area contributed by atoms with Gasteiger partial charge in [0.2, 0.25) is 5.78 Å². The van der Waals surface area contributed by atoms with E-state index in [0.717, 1.165) is 16.8 Å².